The van der Waals surface area contributed by atoms with Crippen LogP contribution in [0.2, 0.25) is 0 Å². The van der Waals surface area contributed by atoms with Crippen LogP contribution in [0.15, 0.2) is 0 Å². The Morgan fingerprint density at radius 3 is 3.06 bits per heavy atom. The summed E-state index contributed by atoms with van der Waals surface area (Å²) in [6.45, 7) is 4.30. The summed E-state index contributed by atoms with van der Waals surface area (Å²) in [6, 6.07) is 0.321. The van der Waals surface area contributed by atoms with Gasteiger partial charge in [0.05, 0.1) is 0 Å². The van der Waals surface area contributed by atoms with E-state index in [1.807, 2.05) is 11.8 Å². The van der Waals surface area contributed by atoms with Crippen molar-refractivity contribution in [1.29, 1.82) is 0 Å². The highest BCUT2D eigenvalue weighted by atomic mass is 32.2. The predicted octanol–water partition coefficient (Wildman–Crippen LogP) is 1.63. The van der Waals surface area contributed by atoms with Crippen molar-refractivity contribution < 1.29 is 4.79 Å². The zero-order valence-corrected chi connectivity index (χ0v) is 11.2. The fraction of sp³-hybridized carbons (Fsp3) is 0.917. The minimum Gasteiger partial charge on any atom is -0.354 e. The molecular formula is C12H24N2OS. The van der Waals surface area contributed by atoms with Crippen molar-refractivity contribution in [1.82, 2.24) is 10.6 Å². The lowest BCUT2D eigenvalue weighted by molar-refractivity contribution is -0.121. The monoisotopic (exact) mass is 244 g/mol. The Balaban J connectivity index is 2.05. The van der Waals surface area contributed by atoms with Gasteiger partial charge >= 0.3 is 0 Å². The summed E-state index contributed by atoms with van der Waals surface area (Å²) in [6.07, 6.45) is 6.12. The first-order chi connectivity index (χ1) is 7.72. The van der Waals surface area contributed by atoms with Gasteiger partial charge in [0.2, 0.25) is 5.91 Å². The van der Waals surface area contributed by atoms with Gasteiger partial charge in [0.1, 0.15) is 0 Å². The Kier molecular flexibility index (Phi) is 6.88. The van der Waals surface area contributed by atoms with Crippen molar-refractivity contribution in [2.45, 2.75) is 38.6 Å². The summed E-state index contributed by atoms with van der Waals surface area (Å²) in [5, 5.41) is 6.40. The fourth-order valence-electron chi connectivity index (χ4n) is 2.01. The van der Waals surface area contributed by atoms with Crippen LogP contribution in [0.25, 0.3) is 0 Å². The van der Waals surface area contributed by atoms with Crippen LogP contribution in [0.5, 0.6) is 0 Å². The molecule has 2 N–H and O–H groups in total. The molecule has 0 aliphatic carbocycles. The molecule has 1 amide bonds. The molecule has 94 valence electrons. The van der Waals surface area contributed by atoms with Gasteiger partial charge in [0, 0.05) is 12.5 Å². The molecular weight excluding hydrogens is 220 g/mol. The number of rotatable bonds is 7. The highest BCUT2D eigenvalue weighted by Crippen LogP contribution is 2.14. The van der Waals surface area contributed by atoms with E-state index in [1.165, 1.54) is 6.42 Å². The lowest BCUT2D eigenvalue weighted by atomic mass is 10.0. The zero-order chi connectivity index (χ0) is 11.8. The normalized spacial score (nSPS) is 22.0. The van der Waals surface area contributed by atoms with E-state index in [-0.39, 0.29) is 5.91 Å². The van der Waals surface area contributed by atoms with Gasteiger partial charge in [0.15, 0.2) is 0 Å². The van der Waals surface area contributed by atoms with Gasteiger partial charge in [0.25, 0.3) is 0 Å². The fourth-order valence-corrected chi connectivity index (χ4v) is 2.60. The molecule has 1 aliphatic heterocycles. The maximum Gasteiger partial charge on any atom is 0.220 e. The Labute approximate surface area is 103 Å². The predicted molar refractivity (Wildman–Crippen MR) is 70.8 cm³/mol. The first-order valence-electron chi connectivity index (χ1n) is 6.21. The van der Waals surface area contributed by atoms with Crippen molar-refractivity contribution in [3.05, 3.63) is 0 Å². The summed E-state index contributed by atoms with van der Waals surface area (Å²) in [7, 11) is 0. The molecule has 4 heteroatoms. The van der Waals surface area contributed by atoms with Gasteiger partial charge < -0.3 is 10.6 Å². The second kappa shape index (κ2) is 7.96. The van der Waals surface area contributed by atoms with Gasteiger partial charge in [-0.25, -0.2) is 0 Å². The molecule has 0 aromatic heterocycles. The Bertz CT molecular complexity index is 205. The lowest BCUT2D eigenvalue weighted by Crippen LogP contribution is -2.33. The van der Waals surface area contributed by atoms with E-state index in [0.717, 1.165) is 31.7 Å². The van der Waals surface area contributed by atoms with Crippen LogP contribution in [0.3, 0.4) is 0 Å². The second-order valence-electron chi connectivity index (χ2n) is 4.65. The quantitative estimate of drug-likeness (QED) is 0.715. The lowest BCUT2D eigenvalue weighted by Gasteiger charge is -2.14. The highest BCUT2D eigenvalue weighted by molar-refractivity contribution is 7.98. The maximum atomic E-state index is 11.6. The summed E-state index contributed by atoms with van der Waals surface area (Å²) >= 11 is 1.83. The smallest absolute Gasteiger partial charge is 0.220 e. The summed E-state index contributed by atoms with van der Waals surface area (Å²) in [5.41, 5.74) is 0. The summed E-state index contributed by atoms with van der Waals surface area (Å²) < 4.78 is 0. The molecule has 0 saturated carbocycles. The highest BCUT2D eigenvalue weighted by Gasteiger charge is 2.16. The summed E-state index contributed by atoms with van der Waals surface area (Å²) in [5.74, 6) is 2.06. The van der Waals surface area contributed by atoms with Crippen molar-refractivity contribution in [3.8, 4) is 0 Å². The third-order valence-electron chi connectivity index (χ3n) is 3.10. The Morgan fingerprint density at radius 2 is 2.44 bits per heavy atom. The van der Waals surface area contributed by atoms with Gasteiger partial charge in [-0.1, -0.05) is 0 Å². The van der Waals surface area contributed by atoms with Gasteiger partial charge in [-0.2, -0.15) is 11.8 Å². The second-order valence-corrected chi connectivity index (χ2v) is 5.63. The molecule has 1 saturated heterocycles. The zero-order valence-electron chi connectivity index (χ0n) is 10.4. The number of thioether (sulfide) groups is 1. The molecule has 0 radical (unpaired) electrons. The third kappa shape index (κ3) is 5.75. The molecule has 1 aliphatic rings. The average Bonchev–Trinajstić information content (AvgIpc) is 2.76. The minimum absolute atomic E-state index is 0.223. The van der Waals surface area contributed by atoms with Crippen molar-refractivity contribution >= 4 is 17.7 Å². The topological polar surface area (TPSA) is 41.1 Å². The molecule has 2 unspecified atom stereocenters. The van der Waals surface area contributed by atoms with Crippen LogP contribution in [-0.4, -0.2) is 37.0 Å². The molecule has 1 rings (SSSR count). The van der Waals surface area contributed by atoms with E-state index in [2.05, 4.69) is 23.8 Å². The van der Waals surface area contributed by atoms with Crippen molar-refractivity contribution in [2.24, 2.45) is 5.92 Å². The minimum atomic E-state index is 0.223. The van der Waals surface area contributed by atoms with E-state index >= 15 is 0 Å². The van der Waals surface area contributed by atoms with E-state index in [9.17, 15) is 4.79 Å². The number of hydrogen-bond donors (Lipinski definition) is 2. The van der Waals surface area contributed by atoms with E-state index in [4.69, 9.17) is 0 Å². The van der Waals surface area contributed by atoms with Crippen LogP contribution in [0, 0.1) is 5.92 Å². The standard InChI is InChI=1S/C12H24N2OS/c1-10(6-8-16-2)14-12(15)4-3-11-5-7-13-9-11/h10-11,13H,3-9H2,1-2H3,(H,14,15). The Hall–Kier alpha value is -0.220. The van der Waals surface area contributed by atoms with Crippen LogP contribution >= 0.6 is 11.8 Å². The van der Waals surface area contributed by atoms with Crippen molar-refractivity contribution in [3.63, 3.8) is 0 Å². The first kappa shape index (κ1) is 13.8. The molecule has 16 heavy (non-hydrogen) atoms. The SMILES string of the molecule is CSCCC(C)NC(=O)CCC1CCNC1. The molecule has 2 atom stereocenters. The largest absolute Gasteiger partial charge is 0.354 e. The molecule has 0 bridgehead atoms. The average molecular weight is 244 g/mol. The van der Waals surface area contributed by atoms with Crippen LogP contribution < -0.4 is 10.6 Å². The maximum absolute atomic E-state index is 11.6. The van der Waals surface area contributed by atoms with Gasteiger partial charge in [-0.15, -0.1) is 0 Å². The third-order valence-corrected chi connectivity index (χ3v) is 3.75. The van der Waals surface area contributed by atoms with Crippen LogP contribution in [-0.2, 0) is 4.79 Å². The number of amides is 1. The van der Waals surface area contributed by atoms with E-state index in [0.29, 0.717) is 18.4 Å². The molecule has 0 spiro atoms. The molecule has 0 aromatic rings. The molecule has 1 fully saturated rings. The van der Waals surface area contributed by atoms with Gasteiger partial charge in [-0.3, -0.25) is 4.79 Å². The molecule has 0 aromatic carbocycles. The number of carbonyl (C=O) groups is 1. The van der Waals surface area contributed by atoms with Gasteiger partial charge in [-0.05, 0) is 57.2 Å². The first-order valence-corrected chi connectivity index (χ1v) is 7.60. The molecule has 3 nitrogen and oxygen atoms in total. The van der Waals surface area contributed by atoms with E-state index < -0.39 is 0 Å². The number of nitrogens with one attached hydrogen (secondary N) is 2. The van der Waals surface area contributed by atoms with Crippen LogP contribution in [0.4, 0.5) is 0 Å². The Morgan fingerprint density at radius 1 is 1.62 bits per heavy atom. The number of hydrogen-bond acceptors (Lipinski definition) is 3. The van der Waals surface area contributed by atoms with Crippen LogP contribution in [0.1, 0.15) is 32.6 Å². The van der Waals surface area contributed by atoms with E-state index in [1.54, 1.807) is 0 Å². The summed E-state index contributed by atoms with van der Waals surface area (Å²) in [4.78, 5) is 11.6. The number of carbonyl (C=O) groups excluding carboxylic acids is 1. The molecule has 1 heterocycles. The van der Waals surface area contributed by atoms with Crippen molar-refractivity contribution in [2.75, 3.05) is 25.1 Å².